The first kappa shape index (κ1) is 25.7. The lowest BCUT2D eigenvalue weighted by atomic mass is 9.85. The molecule has 11 heteroatoms. The molecule has 4 aromatic rings. The standard InChI is InChI=1S/C27H29ClN8O2/c1-27(2,3)23(26(38)36-9-7-15(12-29)8-10-36)33-25(37)18-13-30-24-22(18)32-19(14-31-24)21-17-6-5-16(28)11-20(17)35(4)34-21/h5-6,11,13-15,23H,7-10H2,1-4H3,(H,30,31)(H,33,37)/t23-/m0/s1. The Bertz CT molecular complexity index is 1580. The molecule has 1 aromatic carbocycles. The zero-order valence-electron chi connectivity index (χ0n) is 21.7. The third kappa shape index (κ3) is 4.70. The summed E-state index contributed by atoms with van der Waals surface area (Å²) in [4.78, 5) is 41.0. The molecule has 1 aliphatic heterocycles. The van der Waals surface area contributed by atoms with Gasteiger partial charge in [-0.3, -0.25) is 14.3 Å². The van der Waals surface area contributed by atoms with Gasteiger partial charge in [0.05, 0.1) is 23.3 Å². The molecule has 4 heterocycles. The van der Waals surface area contributed by atoms with Crippen LogP contribution in [0.25, 0.3) is 33.5 Å². The number of carbonyl (C=O) groups is 2. The summed E-state index contributed by atoms with van der Waals surface area (Å²) >= 11 is 6.17. The van der Waals surface area contributed by atoms with Crippen LogP contribution in [-0.2, 0) is 11.8 Å². The molecule has 0 unspecified atom stereocenters. The van der Waals surface area contributed by atoms with Crippen LogP contribution in [0.3, 0.4) is 0 Å². The van der Waals surface area contributed by atoms with E-state index in [0.717, 1.165) is 10.9 Å². The number of rotatable bonds is 4. The van der Waals surface area contributed by atoms with Crippen molar-refractivity contribution in [3.63, 3.8) is 0 Å². The van der Waals surface area contributed by atoms with Crippen LogP contribution in [-0.4, -0.2) is 60.6 Å². The molecular formula is C27H29ClN8O2. The Morgan fingerprint density at radius 2 is 2.00 bits per heavy atom. The number of nitriles is 1. The number of likely N-dealkylation sites (tertiary alicyclic amines) is 1. The van der Waals surface area contributed by atoms with Gasteiger partial charge in [-0.15, -0.1) is 0 Å². The molecule has 5 rings (SSSR count). The molecule has 1 aliphatic rings. The number of piperidine rings is 1. The van der Waals surface area contributed by atoms with Crippen LogP contribution in [0.15, 0.2) is 30.6 Å². The summed E-state index contributed by atoms with van der Waals surface area (Å²) in [5.74, 6) is -0.595. The van der Waals surface area contributed by atoms with E-state index in [1.165, 1.54) is 0 Å². The van der Waals surface area contributed by atoms with E-state index < -0.39 is 17.4 Å². The number of halogens is 1. The van der Waals surface area contributed by atoms with Crippen molar-refractivity contribution in [3.05, 3.63) is 41.2 Å². The van der Waals surface area contributed by atoms with Gasteiger partial charge in [-0.25, -0.2) is 9.97 Å². The number of hydrogen-bond donors (Lipinski definition) is 2. The maximum absolute atomic E-state index is 13.5. The number of carbonyl (C=O) groups excluding carboxylic acids is 2. The molecule has 1 saturated heterocycles. The van der Waals surface area contributed by atoms with Crippen molar-refractivity contribution in [2.75, 3.05) is 13.1 Å². The van der Waals surface area contributed by atoms with Crippen molar-refractivity contribution < 1.29 is 9.59 Å². The van der Waals surface area contributed by atoms with E-state index in [-0.39, 0.29) is 11.8 Å². The van der Waals surface area contributed by atoms with Crippen molar-refractivity contribution in [2.24, 2.45) is 18.4 Å². The Morgan fingerprint density at radius 1 is 1.26 bits per heavy atom. The summed E-state index contributed by atoms with van der Waals surface area (Å²) in [5, 5.41) is 18.2. The molecule has 1 atom stereocenters. The number of aromatic amines is 1. The lowest BCUT2D eigenvalue weighted by molar-refractivity contribution is -0.137. The van der Waals surface area contributed by atoms with E-state index in [9.17, 15) is 14.9 Å². The molecule has 0 bridgehead atoms. The topological polar surface area (TPSA) is 133 Å². The fourth-order valence-corrected chi connectivity index (χ4v) is 5.03. The molecule has 3 aromatic heterocycles. The predicted octanol–water partition coefficient (Wildman–Crippen LogP) is 4.07. The summed E-state index contributed by atoms with van der Waals surface area (Å²) < 4.78 is 1.73. The monoisotopic (exact) mass is 532 g/mol. The minimum Gasteiger partial charge on any atom is -0.344 e. The number of aryl methyl sites for hydroxylation is 1. The van der Waals surface area contributed by atoms with E-state index in [1.54, 1.807) is 28.0 Å². The van der Waals surface area contributed by atoms with E-state index in [2.05, 4.69) is 26.5 Å². The number of nitrogens with one attached hydrogen (secondary N) is 2. The maximum Gasteiger partial charge on any atom is 0.255 e. The summed E-state index contributed by atoms with van der Waals surface area (Å²) in [6.07, 6.45) is 4.45. The van der Waals surface area contributed by atoms with E-state index in [4.69, 9.17) is 16.6 Å². The van der Waals surface area contributed by atoms with Gasteiger partial charge in [-0.1, -0.05) is 32.4 Å². The van der Waals surface area contributed by atoms with Gasteiger partial charge in [0.15, 0.2) is 5.65 Å². The minimum atomic E-state index is -0.751. The number of fused-ring (bicyclic) bond motifs is 2. The van der Waals surface area contributed by atoms with Crippen molar-refractivity contribution in [2.45, 2.75) is 39.7 Å². The Kier molecular flexibility index (Phi) is 6.57. The molecular weight excluding hydrogens is 504 g/mol. The zero-order valence-corrected chi connectivity index (χ0v) is 22.5. The lowest BCUT2D eigenvalue weighted by Gasteiger charge is -2.37. The van der Waals surface area contributed by atoms with E-state index in [0.29, 0.717) is 59.1 Å². The van der Waals surface area contributed by atoms with Gasteiger partial charge in [0.25, 0.3) is 5.91 Å². The van der Waals surface area contributed by atoms with Crippen LogP contribution in [0.4, 0.5) is 0 Å². The number of hydrogen-bond acceptors (Lipinski definition) is 6. The Labute approximate surface area is 225 Å². The summed E-state index contributed by atoms with van der Waals surface area (Å²) in [6.45, 7) is 6.77. The van der Waals surface area contributed by atoms with Crippen LogP contribution in [0.5, 0.6) is 0 Å². The molecule has 0 aliphatic carbocycles. The van der Waals surface area contributed by atoms with Crippen LogP contribution in [0, 0.1) is 22.7 Å². The second-order valence-corrected chi connectivity index (χ2v) is 11.2. The minimum absolute atomic E-state index is 0.0334. The average Bonchev–Trinajstić information content (AvgIpc) is 3.46. The second kappa shape index (κ2) is 9.72. The van der Waals surface area contributed by atoms with Crippen LogP contribution >= 0.6 is 11.6 Å². The van der Waals surface area contributed by atoms with Crippen LogP contribution < -0.4 is 5.32 Å². The van der Waals surface area contributed by atoms with Gasteiger partial charge in [-0.2, -0.15) is 10.4 Å². The SMILES string of the molecule is Cn1nc(-c2cnc3[nH]cc(C(=O)N[C@@H](C(=O)N4CCC(C#N)CC4)C(C)(C)C)c3n2)c2ccc(Cl)cc21. The Hall–Kier alpha value is -3.97. The highest BCUT2D eigenvalue weighted by Crippen LogP contribution is 2.30. The molecule has 38 heavy (non-hydrogen) atoms. The van der Waals surface area contributed by atoms with Gasteiger partial charge < -0.3 is 15.2 Å². The number of nitrogens with zero attached hydrogens (tertiary/aromatic N) is 6. The zero-order chi connectivity index (χ0) is 27.2. The Balaban J connectivity index is 1.45. The summed E-state index contributed by atoms with van der Waals surface area (Å²) in [5.41, 5.74) is 2.61. The molecule has 1 fully saturated rings. The highest BCUT2D eigenvalue weighted by Gasteiger charge is 2.37. The van der Waals surface area contributed by atoms with Gasteiger partial charge in [0, 0.05) is 42.7 Å². The highest BCUT2D eigenvalue weighted by atomic mass is 35.5. The van der Waals surface area contributed by atoms with Crippen molar-refractivity contribution in [1.82, 2.24) is 34.9 Å². The number of amides is 2. The molecule has 10 nitrogen and oxygen atoms in total. The van der Waals surface area contributed by atoms with Gasteiger partial charge in [-0.05, 0) is 36.5 Å². The Morgan fingerprint density at radius 3 is 2.68 bits per heavy atom. The number of benzene rings is 1. The smallest absolute Gasteiger partial charge is 0.255 e. The van der Waals surface area contributed by atoms with Gasteiger partial charge >= 0.3 is 0 Å². The number of aromatic nitrogens is 5. The maximum atomic E-state index is 13.5. The third-order valence-electron chi connectivity index (χ3n) is 7.06. The van der Waals surface area contributed by atoms with Gasteiger partial charge in [0.1, 0.15) is 22.9 Å². The molecule has 0 spiro atoms. The quantitative estimate of drug-likeness (QED) is 0.407. The van der Waals surface area contributed by atoms with Gasteiger partial charge in [0.2, 0.25) is 5.91 Å². The third-order valence-corrected chi connectivity index (χ3v) is 7.29. The fraction of sp³-hybridized carbons (Fsp3) is 0.407. The van der Waals surface area contributed by atoms with E-state index >= 15 is 0 Å². The molecule has 0 radical (unpaired) electrons. The molecule has 2 amide bonds. The largest absolute Gasteiger partial charge is 0.344 e. The second-order valence-electron chi connectivity index (χ2n) is 10.8. The fourth-order valence-electron chi connectivity index (χ4n) is 4.87. The molecule has 2 N–H and O–H groups in total. The van der Waals surface area contributed by atoms with Crippen molar-refractivity contribution in [3.8, 4) is 17.5 Å². The predicted molar refractivity (Wildman–Crippen MR) is 144 cm³/mol. The van der Waals surface area contributed by atoms with Crippen LogP contribution in [0.1, 0.15) is 44.0 Å². The summed E-state index contributed by atoms with van der Waals surface area (Å²) in [6, 6.07) is 7.05. The van der Waals surface area contributed by atoms with Crippen LogP contribution in [0.2, 0.25) is 5.02 Å². The van der Waals surface area contributed by atoms with Crippen molar-refractivity contribution in [1.29, 1.82) is 5.26 Å². The first-order valence-electron chi connectivity index (χ1n) is 12.5. The lowest BCUT2D eigenvalue weighted by Crippen LogP contribution is -2.56. The van der Waals surface area contributed by atoms with Crippen molar-refractivity contribution >= 4 is 45.5 Å². The average molecular weight is 533 g/mol. The highest BCUT2D eigenvalue weighted by molar-refractivity contribution is 6.31. The van der Waals surface area contributed by atoms with E-state index in [1.807, 2.05) is 40.0 Å². The molecule has 0 saturated carbocycles. The first-order chi connectivity index (χ1) is 18.1. The normalized spacial score (nSPS) is 15.5. The molecule has 196 valence electrons. The number of H-pyrrole nitrogens is 1. The first-order valence-corrected chi connectivity index (χ1v) is 12.9. The summed E-state index contributed by atoms with van der Waals surface area (Å²) in [7, 11) is 1.83.